The SMILES string of the molecule is CC(=O)N(C(C)=O)c1c(C)cc(N=Nc2ccc(N)c(C)c2)cc1C. The minimum atomic E-state index is -0.314. The third-order valence-corrected chi connectivity index (χ3v) is 3.86. The number of imide groups is 1. The molecule has 6 nitrogen and oxygen atoms in total. The predicted octanol–water partition coefficient (Wildman–Crippen LogP) is 4.51. The van der Waals surface area contributed by atoms with Crippen LogP contribution in [0.5, 0.6) is 0 Å². The second-order valence-corrected chi connectivity index (χ2v) is 6.04. The number of hydrogen-bond donors (Lipinski definition) is 1. The molecule has 0 atom stereocenters. The minimum absolute atomic E-state index is 0.314. The molecular weight excluding hydrogens is 316 g/mol. The zero-order chi connectivity index (χ0) is 18.7. The summed E-state index contributed by atoms with van der Waals surface area (Å²) in [5, 5.41) is 8.48. The van der Waals surface area contributed by atoms with Gasteiger partial charge in [-0.1, -0.05) is 0 Å². The zero-order valence-electron chi connectivity index (χ0n) is 15.1. The number of carbonyl (C=O) groups excluding carboxylic acids is 2. The van der Waals surface area contributed by atoms with Crippen molar-refractivity contribution in [3.63, 3.8) is 0 Å². The van der Waals surface area contributed by atoms with Gasteiger partial charge in [-0.05, 0) is 67.8 Å². The van der Waals surface area contributed by atoms with Crippen LogP contribution >= 0.6 is 0 Å². The fourth-order valence-corrected chi connectivity index (χ4v) is 2.72. The van der Waals surface area contributed by atoms with Crippen molar-refractivity contribution in [1.29, 1.82) is 0 Å². The van der Waals surface area contributed by atoms with Gasteiger partial charge in [0.05, 0.1) is 17.1 Å². The Bertz CT molecular complexity index is 835. The van der Waals surface area contributed by atoms with Crippen molar-refractivity contribution in [2.45, 2.75) is 34.6 Å². The van der Waals surface area contributed by atoms with Crippen LogP contribution in [0.25, 0.3) is 0 Å². The molecule has 0 fully saturated rings. The van der Waals surface area contributed by atoms with Crippen LogP contribution in [0.3, 0.4) is 0 Å². The molecule has 25 heavy (non-hydrogen) atoms. The first-order valence-corrected chi connectivity index (χ1v) is 7.91. The Kier molecular flexibility index (Phi) is 5.32. The smallest absolute Gasteiger partial charge is 0.230 e. The maximum atomic E-state index is 11.8. The molecule has 2 aromatic rings. The van der Waals surface area contributed by atoms with Gasteiger partial charge in [0.2, 0.25) is 11.8 Å². The lowest BCUT2D eigenvalue weighted by atomic mass is 10.1. The number of carbonyl (C=O) groups is 2. The van der Waals surface area contributed by atoms with Crippen LogP contribution in [-0.4, -0.2) is 11.8 Å². The van der Waals surface area contributed by atoms with E-state index in [0.29, 0.717) is 22.7 Å². The highest BCUT2D eigenvalue weighted by Gasteiger charge is 2.20. The molecule has 2 aromatic carbocycles. The number of azo groups is 1. The van der Waals surface area contributed by atoms with E-state index in [9.17, 15) is 9.59 Å². The molecule has 6 heteroatoms. The van der Waals surface area contributed by atoms with Gasteiger partial charge in [-0.15, -0.1) is 0 Å². The van der Waals surface area contributed by atoms with E-state index >= 15 is 0 Å². The van der Waals surface area contributed by atoms with Gasteiger partial charge in [0.25, 0.3) is 0 Å². The molecule has 0 aromatic heterocycles. The molecule has 0 aliphatic carbocycles. The Morgan fingerprint density at radius 1 is 0.840 bits per heavy atom. The molecule has 2 rings (SSSR count). The number of anilines is 2. The molecule has 0 saturated carbocycles. The molecule has 0 radical (unpaired) electrons. The Morgan fingerprint density at radius 2 is 1.32 bits per heavy atom. The first-order valence-electron chi connectivity index (χ1n) is 7.91. The lowest BCUT2D eigenvalue weighted by Gasteiger charge is -2.22. The second kappa shape index (κ2) is 7.25. The van der Waals surface area contributed by atoms with Crippen molar-refractivity contribution in [2.24, 2.45) is 10.2 Å². The van der Waals surface area contributed by atoms with Gasteiger partial charge in [0, 0.05) is 19.5 Å². The number of nitrogens with zero attached hydrogens (tertiary/aromatic N) is 3. The Hall–Kier alpha value is -3.02. The first kappa shape index (κ1) is 18.3. The van der Waals surface area contributed by atoms with Crippen LogP contribution in [0, 0.1) is 20.8 Å². The van der Waals surface area contributed by atoms with Gasteiger partial charge < -0.3 is 5.73 Å². The minimum Gasteiger partial charge on any atom is -0.399 e. The fourth-order valence-electron chi connectivity index (χ4n) is 2.72. The van der Waals surface area contributed by atoms with Crippen molar-refractivity contribution in [3.8, 4) is 0 Å². The molecule has 0 bridgehead atoms. The average Bonchev–Trinajstić information content (AvgIpc) is 2.51. The van der Waals surface area contributed by atoms with Crippen LogP contribution in [-0.2, 0) is 9.59 Å². The number of hydrogen-bond acceptors (Lipinski definition) is 5. The standard InChI is InChI=1S/C19H22N4O2/c1-11-8-16(6-7-18(11)20)21-22-17-9-12(2)19(13(3)10-17)23(14(4)24)15(5)25/h6-10H,20H2,1-5H3. The van der Waals surface area contributed by atoms with Gasteiger partial charge >= 0.3 is 0 Å². The van der Waals surface area contributed by atoms with E-state index in [1.54, 1.807) is 24.3 Å². The van der Waals surface area contributed by atoms with E-state index in [4.69, 9.17) is 5.73 Å². The zero-order valence-corrected chi connectivity index (χ0v) is 15.1. The highest BCUT2D eigenvalue weighted by atomic mass is 16.2. The van der Waals surface area contributed by atoms with E-state index in [2.05, 4.69) is 10.2 Å². The fraction of sp³-hybridized carbons (Fsp3) is 0.263. The van der Waals surface area contributed by atoms with Crippen molar-refractivity contribution in [2.75, 3.05) is 10.6 Å². The Balaban J connectivity index is 2.39. The monoisotopic (exact) mass is 338 g/mol. The average molecular weight is 338 g/mol. The Labute approximate surface area is 147 Å². The molecule has 0 heterocycles. The maximum absolute atomic E-state index is 11.8. The van der Waals surface area contributed by atoms with E-state index < -0.39 is 0 Å². The van der Waals surface area contributed by atoms with Gasteiger partial charge in [-0.3, -0.25) is 14.5 Å². The highest BCUT2D eigenvalue weighted by molar-refractivity contribution is 6.14. The summed E-state index contributed by atoms with van der Waals surface area (Å²) in [5.41, 5.74) is 11.0. The van der Waals surface area contributed by atoms with Gasteiger partial charge in [0.1, 0.15) is 0 Å². The van der Waals surface area contributed by atoms with E-state index in [1.807, 2.05) is 26.8 Å². The van der Waals surface area contributed by atoms with Crippen LogP contribution in [0.2, 0.25) is 0 Å². The molecule has 0 unspecified atom stereocenters. The van der Waals surface area contributed by atoms with E-state index in [-0.39, 0.29) is 11.8 Å². The summed E-state index contributed by atoms with van der Waals surface area (Å²) in [4.78, 5) is 24.8. The molecule has 130 valence electrons. The maximum Gasteiger partial charge on any atom is 0.230 e. The van der Waals surface area contributed by atoms with Crippen molar-refractivity contribution in [3.05, 3.63) is 47.0 Å². The normalized spacial score (nSPS) is 10.9. The summed E-state index contributed by atoms with van der Waals surface area (Å²) in [7, 11) is 0. The summed E-state index contributed by atoms with van der Waals surface area (Å²) in [6, 6.07) is 9.05. The molecule has 0 aliphatic rings. The summed E-state index contributed by atoms with van der Waals surface area (Å²) in [6.45, 7) is 8.34. The molecule has 0 aliphatic heterocycles. The van der Waals surface area contributed by atoms with Crippen LogP contribution in [0.4, 0.5) is 22.7 Å². The van der Waals surface area contributed by atoms with E-state index in [0.717, 1.165) is 16.7 Å². The molecule has 0 saturated heterocycles. The van der Waals surface area contributed by atoms with Gasteiger partial charge in [0.15, 0.2) is 0 Å². The third-order valence-electron chi connectivity index (χ3n) is 3.86. The number of nitrogens with two attached hydrogens (primary N) is 1. The topological polar surface area (TPSA) is 88.1 Å². The lowest BCUT2D eigenvalue weighted by molar-refractivity contribution is -0.124. The largest absolute Gasteiger partial charge is 0.399 e. The third kappa shape index (κ3) is 4.09. The van der Waals surface area contributed by atoms with Crippen LogP contribution < -0.4 is 10.6 Å². The summed E-state index contributed by atoms with van der Waals surface area (Å²) >= 11 is 0. The quantitative estimate of drug-likeness (QED) is 0.659. The highest BCUT2D eigenvalue weighted by Crippen LogP contribution is 2.31. The number of benzene rings is 2. The van der Waals surface area contributed by atoms with E-state index in [1.165, 1.54) is 18.7 Å². The van der Waals surface area contributed by atoms with Crippen molar-refractivity contribution >= 4 is 34.6 Å². The van der Waals surface area contributed by atoms with Crippen molar-refractivity contribution in [1.82, 2.24) is 0 Å². The summed E-state index contributed by atoms with van der Waals surface area (Å²) in [5.74, 6) is -0.629. The van der Waals surface area contributed by atoms with Gasteiger partial charge in [-0.25, -0.2) is 0 Å². The lowest BCUT2D eigenvalue weighted by Crippen LogP contribution is -2.34. The number of rotatable bonds is 3. The number of amides is 2. The molecule has 2 amide bonds. The predicted molar refractivity (Wildman–Crippen MR) is 99.5 cm³/mol. The van der Waals surface area contributed by atoms with Crippen LogP contribution in [0.1, 0.15) is 30.5 Å². The second-order valence-electron chi connectivity index (χ2n) is 6.04. The van der Waals surface area contributed by atoms with Crippen LogP contribution in [0.15, 0.2) is 40.6 Å². The first-order chi connectivity index (χ1) is 11.7. The molecule has 2 N–H and O–H groups in total. The molecule has 0 spiro atoms. The summed E-state index contributed by atoms with van der Waals surface area (Å²) < 4.78 is 0. The number of nitrogen functional groups attached to an aromatic ring is 1. The van der Waals surface area contributed by atoms with Crippen molar-refractivity contribution < 1.29 is 9.59 Å². The summed E-state index contributed by atoms with van der Waals surface area (Å²) in [6.07, 6.45) is 0. The van der Waals surface area contributed by atoms with Gasteiger partial charge in [-0.2, -0.15) is 10.2 Å². The number of aryl methyl sites for hydroxylation is 3. The Morgan fingerprint density at radius 3 is 1.80 bits per heavy atom. The molecular formula is C19H22N4O2.